The standard InChI is InChI=1S/C16H22N2O4S/c1-17-23(20,21)15-11-12(7-9-14(15)22-2)8-10-16(19)18-13-5-3-4-6-13/h7-11,13,17H,3-6H2,1-2H3,(H,18,19)/b10-8+. The Morgan fingerprint density at radius 1 is 1.30 bits per heavy atom. The number of rotatable bonds is 6. The number of hydrogen-bond acceptors (Lipinski definition) is 4. The van der Waals surface area contributed by atoms with Gasteiger partial charge in [0.05, 0.1) is 7.11 Å². The van der Waals surface area contributed by atoms with Crippen molar-refractivity contribution in [2.45, 2.75) is 36.6 Å². The number of methoxy groups -OCH3 is 1. The minimum Gasteiger partial charge on any atom is -0.495 e. The molecule has 6 nitrogen and oxygen atoms in total. The van der Waals surface area contributed by atoms with E-state index in [0.29, 0.717) is 5.56 Å². The summed E-state index contributed by atoms with van der Waals surface area (Å²) in [5, 5.41) is 2.95. The van der Waals surface area contributed by atoms with Crippen LogP contribution < -0.4 is 14.8 Å². The van der Waals surface area contributed by atoms with Gasteiger partial charge in [0.25, 0.3) is 0 Å². The van der Waals surface area contributed by atoms with Crippen LogP contribution in [0.25, 0.3) is 6.08 Å². The van der Waals surface area contributed by atoms with Gasteiger partial charge in [-0.15, -0.1) is 0 Å². The summed E-state index contributed by atoms with van der Waals surface area (Å²) in [5.41, 5.74) is 0.612. The van der Waals surface area contributed by atoms with E-state index < -0.39 is 10.0 Å². The Morgan fingerprint density at radius 2 is 2.00 bits per heavy atom. The molecule has 0 saturated heterocycles. The van der Waals surface area contributed by atoms with E-state index >= 15 is 0 Å². The van der Waals surface area contributed by atoms with Crippen LogP contribution in [0.1, 0.15) is 31.2 Å². The number of carbonyl (C=O) groups is 1. The molecule has 0 spiro atoms. The quantitative estimate of drug-likeness (QED) is 0.773. The molecule has 0 aromatic heterocycles. The lowest BCUT2D eigenvalue weighted by Gasteiger charge is -2.10. The van der Waals surface area contributed by atoms with Crippen LogP contribution in [0.15, 0.2) is 29.2 Å². The van der Waals surface area contributed by atoms with Crippen molar-refractivity contribution in [2.24, 2.45) is 0 Å². The van der Waals surface area contributed by atoms with Crippen molar-refractivity contribution in [3.05, 3.63) is 29.8 Å². The van der Waals surface area contributed by atoms with Gasteiger partial charge in [-0.1, -0.05) is 18.9 Å². The molecule has 7 heteroatoms. The first-order chi connectivity index (χ1) is 11.0. The molecule has 1 amide bonds. The second-order valence-electron chi connectivity index (χ2n) is 5.44. The Balaban J connectivity index is 2.15. The van der Waals surface area contributed by atoms with Crippen molar-refractivity contribution in [2.75, 3.05) is 14.2 Å². The predicted molar refractivity (Wildman–Crippen MR) is 88.7 cm³/mol. The first kappa shape index (κ1) is 17.5. The van der Waals surface area contributed by atoms with E-state index in [1.54, 1.807) is 18.2 Å². The third kappa shape index (κ3) is 4.56. The maximum Gasteiger partial charge on any atom is 0.244 e. The number of carbonyl (C=O) groups excluding carboxylic acids is 1. The van der Waals surface area contributed by atoms with Gasteiger partial charge in [-0.05, 0) is 43.7 Å². The highest BCUT2D eigenvalue weighted by Crippen LogP contribution is 2.25. The SMILES string of the molecule is CNS(=O)(=O)c1cc(/C=C/C(=O)NC2CCCC2)ccc1OC. The molecule has 0 radical (unpaired) electrons. The molecule has 0 unspecified atom stereocenters. The van der Waals surface area contributed by atoms with Gasteiger partial charge in [-0.2, -0.15) is 0 Å². The van der Waals surface area contributed by atoms with Gasteiger partial charge in [0, 0.05) is 12.1 Å². The Hall–Kier alpha value is -1.86. The van der Waals surface area contributed by atoms with Crippen molar-refractivity contribution in [1.29, 1.82) is 0 Å². The minimum absolute atomic E-state index is 0.0425. The zero-order valence-electron chi connectivity index (χ0n) is 13.3. The highest BCUT2D eigenvalue weighted by Gasteiger charge is 2.18. The first-order valence-corrected chi connectivity index (χ1v) is 9.05. The van der Waals surface area contributed by atoms with E-state index in [1.807, 2.05) is 0 Å². The summed E-state index contributed by atoms with van der Waals surface area (Å²) in [6, 6.07) is 5.00. The smallest absolute Gasteiger partial charge is 0.244 e. The number of nitrogens with one attached hydrogen (secondary N) is 2. The summed E-state index contributed by atoms with van der Waals surface area (Å²) in [6.45, 7) is 0. The van der Waals surface area contributed by atoms with Crippen LogP contribution in [0.5, 0.6) is 5.75 Å². The summed E-state index contributed by atoms with van der Waals surface area (Å²) in [4.78, 5) is 11.9. The van der Waals surface area contributed by atoms with Gasteiger partial charge in [-0.3, -0.25) is 4.79 Å². The first-order valence-electron chi connectivity index (χ1n) is 7.56. The molecule has 0 bridgehead atoms. The summed E-state index contributed by atoms with van der Waals surface area (Å²) >= 11 is 0. The average Bonchev–Trinajstić information content (AvgIpc) is 3.05. The molecule has 0 atom stereocenters. The molecule has 126 valence electrons. The molecule has 2 N–H and O–H groups in total. The molecule has 2 rings (SSSR count). The molecule has 1 aliphatic carbocycles. The number of ether oxygens (including phenoxy) is 1. The van der Waals surface area contributed by atoms with Crippen LogP contribution in [-0.2, 0) is 14.8 Å². The summed E-state index contributed by atoms with van der Waals surface area (Å²) in [6.07, 6.45) is 7.37. The maximum absolute atomic E-state index is 12.0. The second-order valence-corrected chi connectivity index (χ2v) is 7.30. The summed E-state index contributed by atoms with van der Waals surface area (Å²) in [7, 11) is -0.879. The molecular weight excluding hydrogens is 316 g/mol. The van der Waals surface area contributed by atoms with E-state index in [-0.39, 0.29) is 22.6 Å². The highest BCUT2D eigenvalue weighted by atomic mass is 32.2. The van der Waals surface area contributed by atoms with Crippen molar-refractivity contribution in [3.63, 3.8) is 0 Å². The zero-order valence-corrected chi connectivity index (χ0v) is 14.2. The van der Waals surface area contributed by atoms with Crippen molar-refractivity contribution >= 4 is 22.0 Å². The highest BCUT2D eigenvalue weighted by molar-refractivity contribution is 7.89. The lowest BCUT2D eigenvalue weighted by Crippen LogP contribution is -2.30. The molecule has 1 fully saturated rings. The van der Waals surface area contributed by atoms with E-state index in [1.165, 1.54) is 26.3 Å². The third-order valence-electron chi connectivity index (χ3n) is 3.87. The molecule has 1 saturated carbocycles. The fourth-order valence-corrected chi connectivity index (χ4v) is 3.54. The van der Waals surface area contributed by atoms with Gasteiger partial charge < -0.3 is 10.1 Å². The predicted octanol–water partition coefficient (Wildman–Crippen LogP) is 1.68. The topological polar surface area (TPSA) is 84.5 Å². The van der Waals surface area contributed by atoms with Crippen molar-refractivity contribution in [1.82, 2.24) is 10.0 Å². The number of hydrogen-bond donors (Lipinski definition) is 2. The maximum atomic E-state index is 12.0. The molecule has 1 aromatic rings. The molecular formula is C16H22N2O4S. The molecule has 1 aliphatic rings. The lowest BCUT2D eigenvalue weighted by atomic mass is 10.2. The summed E-state index contributed by atoms with van der Waals surface area (Å²) in [5.74, 6) is 0.0950. The van der Waals surface area contributed by atoms with Gasteiger partial charge in [0.2, 0.25) is 15.9 Å². The molecule has 23 heavy (non-hydrogen) atoms. The van der Waals surface area contributed by atoms with Gasteiger partial charge in [0.15, 0.2) is 0 Å². The Kier molecular flexibility index (Phi) is 5.79. The van der Waals surface area contributed by atoms with Crippen LogP contribution >= 0.6 is 0 Å². The van der Waals surface area contributed by atoms with Gasteiger partial charge in [0.1, 0.15) is 10.6 Å². The van der Waals surface area contributed by atoms with Crippen LogP contribution in [0.4, 0.5) is 0 Å². The Morgan fingerprint density at radius 3 is 2.61 bits per heavy atom. The molecule has 1 aromatic carbocycles. The van der Waals surface area contributed by atoms with E-state index in [4.69, 9.17) is 4.74 Å². The monoisotopic (exact) mass is 338 g/mol. The van der Waals surface area contributed by atoms with Gasteiger partial charge >= 0.3 is 0 Å². The average molecular weight is 338 g/mol. The largest absolute Gasteiger partial charge is 0.495 e. The van der Waals surface area contributed by atoms with Crippen LogP contribution in [0.2, 0.25) is 0 Å². The third-order valence-corrected chi connectivity index (χ3v) is 5.31. The summed E-state index contributed by atoms with van der Waals surface area (Å²) < 4.78 is 31.4. The number of amides is 1. The van der Waals surface area contributed by atoms with Crippen LogP contribution in [-0.4, -0.2) is 34.5 Å². The fourth-order valence-electron chi connectivity index (χ4n) is 2.61. The zero-order chi connectivity index (χ0) is 16.9. The van der Waals surface area contributed by atoms with E-state index in [0.717, 1.165) is 25.7 Å². The number of sulfonamides is 1. The Bertz CT molecular complexity index is 692. The van der Waals surface area contributed by atoms with E-state index in [2.05, 4.69) is 10.0 Å². The molecule has 0 heterocycles. The van der Waals surface area contributed by atoms with Crippen molar-refractivity contribution in [3.8, 4) is 5.75 Å². The van der Waals surface area contributed by atoms with Crippen molar-refractivity contribution < 1.29 is 17.9 Å². The van der Waals surface area contributed by atoms with Crippen LogP contribution in [0.3, 0.4) is 0 Å². The molecule has 0 aliphatic heterocycles. The Labute approximate surface area is 137 Å². The second kappa shape index (κ2) is 7.61. The van der Waals surface area contributed by atoms with Crippen LogP contribution in [0, 0.1) is 0 Å². The normalized spacial score (nSPS) is 15.9. The minimum atomic E-state index is -3.63. The fraction of sp³-hybridized carbons (Fsp3) is 0.438. The lowest BCUT2D eigenvalue weighted by molar-refractivity contribution is -0.117. The number of benzene rings is 1. The van der Waals surface area contributed by atoms with E-state index in [9.17, 15) is 13.2 Å². The van der Waals surface area contributed by atoms with Gasteiger partial charge in [-0.25, -0.2) is 13.1 Å².